The van der Waals surface area contributed by atoms with Gasteiger partial charge in [-0.15, -0.1) is 0 Å². The molecule has 164 valence electrons. The van der Waals surface area contributed by atoms with Crippen molar-refractivity contribution in [2.75, 3.05) is 70.6 Å². The smallest absolute Gasteiger partial charge is 0.200 e. The highest BCUT2D eigenvalue weighted by Gasteiger charge is 2.39. The number of carbonyl (C=O) groups is 2. The number of fused-ring (bicyclic) bond motifs is 2. The summed E-state index contributed by atoms with van der Waals surface area (Å²) in [6, 6.07) is 6.20. The average molecular weight is 425 g/mol. The third kappa shape index (κ3) is 3.73. The number of rotatable bonds is 5. The topological polar surface area (TPSA) is 96.3 Å². The lowest BCUT2D eigenvalue weighted by atomic mass is 9.81. The second kappa shape index (κ2) is 8.20. The first kappa shape index (κ1) is 21.1. The van der Waals surface area contributed by atoms with Crippen molar-refractivity contribution in [2.24, 2.45) is 0 Å². The van der Waals surface area contributed by atoms with Crippen LogP contribution < -0.4 is 10.2 Å². The lowest BCUT2D eigenvalue weighted by Crippen LogP contribution is -2.45. The fourth-order valence-corrected chi connectivity index (χ4v) is 4.22. The number of aromatic hydroxyl groups is 2. The molecule has 1 fully saturated rings. The van der Waals surface area contributed by atoms with Crippen molar-refractivity contribution in [3.05, 3.63) is 46.5 Å². The van der Waals surface area contributed by atoms with Crippen LogP contribution in [0, 0.1) is 0 Å². The number of nitrogens with zero attached hydrogens (tertiary/aromatic N) is 3. The van der Waals surface area contributed by atoms with Gasteiger partial charge in [0.25, 0.3) is 0 Å². The van der Waals surface area contributed by atoms with Gasteiger partial charge in [-0.25, -0.2) is 0 Å². The van der Waals surface area contributed by atoms with Crippen LogP contribution in [-0.4, -0.2) is 92.0 Å². The maximum atomic E-state index is 13.6. The van der Waals surface area contributed by atoms with E-state index in [-0.39, 0.29) is 33.8 Å². The van der Waals surface area contributed by atoms with Crippen molar-refractivity contribution in [1.29, 1.82) is 0 Å². The number of carbonyl (C=O) groups excluding carboxylic acids is 2. The van der Waals surface area contributed by atoms with Gasteiger partial charge in [0.15, 0.2) is 0 Å². The molecule has 0 radical (unpaired) electrons. The third-order valence-corrected chi connectivity index (χ3v) is 5.97. The molecule has 0 spiro atoms. The molecule has 0 saturated carbocycles. The van der Waals surface area contributed by atoms with E-state index in [4.69, 9.17) is 0 Å². The van der Waals surface area contributed by atoms with Crippen LogP contribution in [0.3, 0.4) is 0 Å². The molecule has 3 N–H and O–H groups in total. The van der Waals surface area contributed by atoms with Crippen LogP contribution >= 0.6 is 0 Å². The quantitative estimate of drug-likeness (QED) is 0.532. The van der Waals surface area contributed by atoms with E-state index in [1.165, 1.54) is 12.1 Å². The van der Waals surface area contributed by atoms with E-state index in [1.54, 1.807) is 12.1 Å². The Labute approximate surface area is 181 Å². The molecule has 2 aromatic rings. The molecule has 2 aliphatic rings. The van der Waals surface area contributed by atoms with Crippen LogP contribution in [0.1, 0.15) is 31.8 Å². The van der Waals surface area contributed by atoms with Gasteiger partial charge in [-0.3, -0.25) is 9.59 Å². The molecule has 2 aromatic carbocycles. The number of benzene rings is 2. The molecule has 1 aliphatic carbocycles. The molecule has 0 amide bonds. The normalized spacial score (nSPS) is 16.5. The summed E-state index contributed by atoms with van der Waals surface area (Å²) in [5, 5.41) is 24.3. The van der Waals surface area contributed by atoms with Crippen molar-refractivity contribution < 1.29 is 19.8 Å². The van der Waals surface area contributed by atoms with Crippen LogP contribution in [0.5, 0.6) is 11.5 Å². The molecule has 1 saturated heterocycles. The first-order valence-electron chi connectivity index (χ1n) is 10.4. The van der Waals surface area contributed by atoms with Gasteiger partial charge in [0.05, 0.1) is 22.3 Å². The summed E-state index contributed by atoms with van der Waals surface area (Å²) in [7, 11) is 5.92. The third-order valence-electron chi connectivity index (χ3n) is 5.97. The SMILES string of the molecule is CN(C)CCNc1ccc(O)c2c1C(=O)c1c(O)ccc(N3CCN(C)CC3)c1C2=O. The zero-order valence-electron chi connectivity index (χ0n) is 18.1. The van der Waals surface area contributed by atoms with E-state index in [9.17, 15) is 19.8 Å². The van der Waals surface area contributed by atoms with Crippen molar-refractivity contribution >= 4 is 22.9 Å². The summed E-state index contributed by atoms with van der Waals surface area (Å²) in [5.41, 5.74) is 1.38. The van der Waals surface area contributed by atoms with Gasteiger partial charge in [0, 0.05) is 50.6 Å². The Morgan fingerprint density at radius 2 is 1.45 bits per heavy atom. The molecule has 0 bridgehead atoms. The van der Waals surface area contributed by atoms with Crippen molar-refractivity contribution in [2.45, 2.75) is 0 Å². The molecule has 1 heterocycles. The fourth-order valence-electron chi connectivity index (χ4n) is 4.22. The zero-order valence-corrected chi connectivity index (χ0v) is 18.1. The van der Waals surface area contributed by atoms with E-state index in [2.05, 4.69) is 15.1 Å². The second-order valence-electron chi connectivity index (χ2n) is 8.41. The molecular formula is C23H28N4O4. The number of hydrogen-bond acceptors (Lipinski definition) is 8. The first-order chi connectivity index (χ1) is 14.8. The van der Waals surface area contributed by atoms with E-state index in [0.717, 1.165) is 19.6 Å². The van der Waals surface area contributed by atoms with Crippen LogP contribution in [-0.2, 0) is 0 Å². The number of phenolic OH excluding ortho intramolecular Hbond substituents is 2. The number of piperazine rings is 1. The molecule has 1 aliphatic heterocycles. The van der Waals surface area contributed by atoms with Crippen LogP contribution in [0.25, 0.3) is 0 Å². The van der Waals surface area contributed by atoms with E-state index in [1.807, 2.05) is 26.0 Å². The van der Waals surface area contributed by atoms with Crippen molar-refractivity contribution in [3.8, 4) is 11.5 Å². The molecular weight excluding hydrogens is 396 g/mol. The van der Waals surface area contributed by atoms with Gasteiger partial charge >= 0.3 is 0 Å². The Balaban J connectivity index is 1.81. The van der Waals surface area contributed by atoms with Crippen molar-refractivity contribution in [1.82, 2.24) is 9.80 Å². The van der Waals surface area contributed by atoms with Crippen LogP contribution in [0.15, 0.2) is 24.3 Å². The molecule has 31 heavy (non-hydrogen) atoms. The minimum absolute atomic E-state index is 0.00618. The molecule has 0 atom stereocenters. The van der Waals surface area contributed by atoms with Crippen LogP contribution in [0.4, 0.5) is 11.4 Å². The number of nitrogens with one attached hydrogen (secondary N) is 1. The minimum Gasteiger partial charge on any atom is -0.507 e. The minimum atomic E-state index is -0.457. The molecule has 0 unspecified atom stereocenters. The van der Waals surface area contributed by atoms with E-state index < -0.39 is 11.6 Å². The molecule has 8 heteroatoms. The number of hydrogen-bond donors (Lipinski definition) is 3. The van der Waals surface area contributed by atoms with Crippen molar-refractivity contribution in [3.63, 3.8) is 0 Å². The standard InChI is InChI=1S/C23H28N4O4/c1-25(2)9-8-24-14-4-6-16(28)20-18(14)22(30)21-17(29)7-5-15(19(21)23(20)31)27-12-10-26(3)11-13-27/h4-7,24,28-29H,8-13H2,1-3H3. The Bertz CT molecular complexity index is 1040. The number of phenols is 2. The predicted molar refractivity (Wildman–Crippen MR) is 120 cm³/mol. The second-order valence-corrected chi connectivity index (χ2v) is 8.41. The Hall–Kier alpha value is -3.10. The summed E-state index contributed by atoms with van der Waals surface area (Å²) in [5.74, 6) is -1.35. The summed E-state index contributed by atoms with van der Waals surface area (Å²) >= 11 is 0. The summed E-state index contributed by atoms with van der Waals surface area (Å²) < 4.78 is 0. The Morgan fingerprint density at radius 1 is 0.871 bits per heavy atom. The maximum Gasteiger partial charge on any atom is 0.200 e. The highest BCUT2D eigenvalue weighted by molar-refractivity contribution is 6.33. The van der Waals surface area contributed by atoms with Gasteiger partial charge in [0.1, 0.15) is 11.5 Å². The molecule has 0 aromatic heterocycles. The fraction of sp³-hybridized carbons (Fsp3) is 0.391. The predicted octanol–water partition coefficient (Wildman–Crippen LogP) is 1.60. The highest BCUT2D eigenvalue weighted by atomic mass is 16.3. The van der Waals surface area contributed by atoms with Gasteiger partial charge < -0.3 is 30.2 Å². The monoisotopic (exact) mass is 424 g/mol. The lowest BCUT2D eigenvalue weighted by Gasteiger charge is -2.36. The number of ketones is 2. The summed E-state index contributed by atoms with van der Waals surface area (Å²) in [4.78, 5) is 33.4. The molecule has 4 rings (SSSR count). The Kier molecular flexibility index (Phi) is 5.60. The molecule has 8 nitrogen and oxygen atoms in total. The number of likely N-dealkylation sites (N-methyl/N-ethyl adjacent to an activating group) is 2. The average Bonchev–Trinajstić information content (AvgIpc) is 2.73. The Morgan fingerprint density at radius 3 is 2.10 bits per heavy atom. The highest BCUT2D eigenvalue weighted by Crippen LogP contribution is 2.43. The lowest BCUT2D eigenvalue weighted by molar-refractivity contribution is 0.0975. The zero-order chi connectivity index (χ0) is 22.3. The van der Waals surface area contributed by atoms with E-state index in [0.29, 0.717) is 31.0 Å². The summed E-state index contributed by atoms with van der Waals surface area (Å²) in [6.45, 7) is 4.37. The maximum absolute atomic E-state index is 13.6. The summed E-state index contributed by atoms with van der Waals surface area (Å²) in [6.07, 6.45) is 0. The van der Waals surface area contributed by atoms with Gasteiger partial charge in [-0.1, -0.05) is 0 Å². The number of anilines is 2. The van der Waals surface area contributed by atoms with Gasteiger partial charge in [-0.2, -0.15) is 0 Å². The van der Waals surface area contributed by atoms with E-state index >= 15 is 0 Å². The van der Waals surface area contributed by atoms with Crippen LogP contribution in [0.2, 0.25) is 0 Å². The largest absolute Gasteiger partial charge is 0.507 e. The van der Waals surface area contributed by atoms with Gasteiger partial charge in [0.2, 0.25) is 11.6 Å². The first-order valence-corrected chi connectivity index (χ1v) is 10.4. The van der Waals surface area contributed by atoms with Gasteiger partial charge in [-0.05, 0) is 45.4 Å².